The van der Waals surface area contributed by atoms with Crippen LogP contribution in [0.2, 0.25) is 0 Å². The van der Waals surface area contributed by atoms with E-state index in [2.05, 4.69) is 23.5 Å². The van der Waals surface area contributed by atoms with Gasteiger partial charge in [-0.2, -0.15) is 5.10 Å². The van der Waals surface area contributed by atoms with E-state index in [0.29, 0.717) is 36.8 Å². The van der Waals surface area contributed by atoms with Gasteiger partial charge in [0.05, 0.1) is 23.0 Å². The maximum atomic E-state index is 13.8. The van der Waals surface area contributed by atoms with Gasteiger partial charge in [-0.1, -0.05) is 19.1 Å². The zero-order valence-electron chi connectivity index (χ0n) is 19.2. The summed E-state index contributed by atoms with van der Waals surface area (Å²) in [5.41, 5.74) is 2.20. The molecule has 0 fully saturated rings. The summed E-state index contributed by atoms with van der Waals surface area (Å²) in [6.45, 7) is 9.47. The summed E-state index contributed by atoms with van der Waals surface area (Å²) in [6.07, 6.45) is 3.63. The highest BCUT2D eigenvalue weighted by atomic mass is 19.1. The van der Waals surface area contributed by atoms with E-state index in [1.807, 2.05) is 6.92 Å². The Balaban J connectivity index is 1.97. The maximum Gasteiger partial charge on any atom is 0.227 e. The normalized spacial score (nSPS) is 12.2. The maximum absolute atomic E-state index is 13.8. The van der Waals surface area contributed by atoms with Crippen LogP contribution in [0.15, 0.2) is 61.2 Å². The van der Waals surface area contributed by atoms with Crippen molar-refractivity contribution >= 4 is 0 Å². The number of aryl methyl sites for hydroxylation is 1. The van der Waals surface area contributed by atoms with Crippen LogP contribution in [0.25, 0.3) is 5.69 Å². The molecule has 176 valence electrons. The number of halogens is 2. The summed E-state index contributed by atoms with van der Waals surface area (Å²) in [5, 5.41) is 15.1. The predicted octanol–water partition coefficient (Wildman–Crippen LogP) is 5.79. The topological polar surface area (TPSA) is 50.5 Å². The molecule has 1 aromatic heterocycles. The molecule has 0 spiro atoms. The van der Waals surface area contributed by atoms with Gasteiger partial charge in [-0.05, 0) is 69.1 Å². The predicted molar refractivity (Wildman–Crippen MR) is 126 cm³/mol. The molecule has 7 heteroatoms. The SMILES string of the molecule is C=CCCC(O)CN(CCC)Cc1c(C)nn(-c2ccc(F)cc2)c1Oc1cccc(F)c1. The third-order valence-electron chi connectivity index (χ3n) is 5.31. The lowest BCUT2D eigenvalue weighted by Gasteiger charge is -2.25. The summed E-state index contributed by atoms with van der Waals surface area (Å²) in [7, 11) is 0. The van der Waals surface area contributed by atoms with Gasteiger partial charge in [0.2, 0.25) is 5.88 Å². The third-order valence-corrected chi connectivity index (χ3v) is 5.31. The van der Waals surface area contributed by atoms with Gasteiger partial charge in [-0.3, -0.25) is 4.90 Å². The first-order chi connectivity index (χ1) is 15.9. The monoisotopic (exact) mass is 455 g/mol. The fourth-order valence-electron chi connectivity index (χ4n) is 3.70. The zero-order valence-corrected chi connectivity index (χ0v) is 19.2. The van der Waals surface area contributed by atoms with Crippen LogP contribution >= 0.6 is 0 Å². The van der Waals surface area contributed by atoms with Crippen LogP contribution < -0.4 is 4.74 Å². The second kappa shape index (κ2) is 11.7. The molecular formula is C26H31F2N3O2. The standard InChI is InChI=1S/C26H31F2N3O2/c1-4-6-9-23(32)17-30(15-5-2)18-25-19(3)29-31(22-13-11-20(27)12-14-22)26(25)33-24-10-7-8-21(28)16-24/h4,7-8,10-14,16,23,32H,1,5-6,9,15,17-18H2,2-3H3. The highest BCUT2D eigenvalue weighted by molar-refractivity contribution is 5.43. The Kier molecular flexibility index (Phi) is 8.74. The van der Waals surface area contributed by atoms with Crippen LogP contribution in [0, 0.1) is 18.6 Å². The Morgan fingerprint density at radius 1 is 1.18 bits per heavy atom. The third kappa shape index (κ3) is 6.73. The number of aromatic nitrogens is 2. The molecule has 0 amide bonds. The molecule has 1 N–H and O–H groups in total. The van der Waals surface area contributed by atoms with Gasteiger partial charge >= 0.3 is 0 Å². The Morgan fingerprint density at radius 3 is 2.61 bits per heavy atom. The van der Waals surface area contributed by atoms with Gasteiger partial charge in [0, 0.05) is 19.2 Å². The molecule has 0 bridgehead atoms. The van der Waals surface area contributed by atoms with Crippen molar-refractivity contribution in [3.63, 3.8) is 0 Å². The van der Waals surface area contributed by atoms with E-state index >= 15 is 0 Å². The van der Waals surface area contributed by atoms with Crippen molar-refractivity contribution in [1.29, 1.82) is 0 Å². The summed E-state index contributed by atoms with van der Waals surface area (Å²) < 4.78 is 35.1. The number of nitrogens with zero attached hydrogens (tertiary/aromatic N) is 3. The van der Waals surface area contributed by atoms with Crippen LogP contribution in [0.5, 0.6) is 11.6 Å². The van der Waals surface area contributed by atoms with E-state index in [1.165, 1.54) is 24.3 Å². The first-order valence-electron chi connectivity index (χ1n) is 11.2. The highest BCUT2D eigenvalue weighted by Gasteiger charge is 2.22. The second-order valence-electron chi connectivity index (χ2n) is 8.07. The summed E-state index contributed by atoms with van der Waals surface area (Å²) in [5.74, 6) is 0.0219. The minimum absolute atomic E-state index is 0.340. The molecule has 0 aliphatic heterocycles. The molecular weight excluding hydrogens is 424 g/mol. The van der Waals surface area contributed by atoms with Crippen LogP contribution in [-0.2, 0) is 6.54 Å². The minimum atomic E-state index is -0.477. The Hall–Kier alpha value is -3.03. The van der Waals surface area contributed by atoms with Gasteiger partial charge < -0.3 is 9.84 Å². The minimum Gasteiger partial charge on any atom is -0.438 e. The van der Waals surface area contributed by atoms with E-state index in [-0.39, 0.29) is 5.82 Å². The molecule has 2 aromatic carbocycles. The van der Waals surface area contributed by atoms with Gasteiger partial charge in [0.25, 0.3) is 0 Å². The smallest absolute Gasteiger partial charge is 0.227 e. The number of ether oxygens (including phenoxy) is 1. The second-order valence-corrected chi connectivity index (χ2v) is 8.07. The molecule has 5 nitrogen and oxygen atoms in total. The van der Waals surface area contributed by atoms with E-state index in [9.17, 15) is 13.9 Å². The molecule has 3 aromatic rings. The molecule has 0 saturated carbocycles. The lowest BCUT2D eigenvalue weighted by atomic mass is 10.1. The van der Waals surface area contributed by atoms with Crippen molar-refractivity contribution in [2.24, 2.45) is 0 Å². The summed E-state index contributed by atoms with van der Waals surface area (Å²) in [6, 6.07) is 11.9. The molecule has 1 heterocycles. The molecule has 0 aliphatic carbocycles. The average molecular weight is 456 g/mol. The van der Waals surface area contributed by atoms with Crippen molar-refractivity contribution in [2.45, 2.75) is 45.8 Å². The quantitative estimate of drug-likeness (QED) is 0.351. The summed E-state index contributed by atoms with van der Waals surface area (Å²) >= 11 is 0. The highest BCUT2D eigenvalue weighted by Crippen LogP contribution is 2.32. The molecule has 33 heavy (non-hydrogen) atoms. The molecule has 3 rings (SSSR count). The first-order valence-corrected chi connectivity index (χ1v) is 11.2. The van der Waals surface area contributed by atoms with E-state index in [1.54, 1.807) is 35.0 Å². The number of rotatable bonds is 12. The molecule has 0 saturated heterocycles. The van der Waals surface area contributed by atoms with Crippen LogP contribution in [0.1, 0.15) is 37.4 Å². The molecule has 0 aliphatic rings. The summed E-state index contributed by atoms with van der Waals surface area (Å²) in [4.78, 5) is 2.16. The van der Waals surface area contributed by atoms with Crippen molar-refractivity contribution in [3.8, 4) is 17.3 Å². The van der Waals surface area contributed by atoms with Crippen molar-refractivity contribution in [2.75, 3.05) is 13.1 Å². The number of benzene rings is 2. The fraction of sp³-hybridized carbons (Fsp3) is 0.346. The molecule has 1 atom stereocenters. The molecule has 1 unspecified atom stereocenters. The van der Waals surface area contributed by atoms with Crippen molar-refractivity contribution < 1.29 is 18.6 Å². The number of aliphatic hydroxyl groups excluding tert-OH is 1. The van der Waals surface area contributed by atoms with E-state index in [0.717, 1.165) is 30.6 Å². The van der Waals surface area contributed by atoms with Crippen LogP contribution in [0.3, 0.4) is 0 Å². The van der Waals surface area contributed by atoms with Gasteiger partial charge in [-0.15, -0.1) is 6.58 Å². The van der Waals surface area contributed by atoms with E-state index < -0.39 is 11.9 Å². The zero-order chi connectivity index (χ0) is 23.8. The Bertz CT molecular complexity index is 1050. The fourth-order valence-corrected chi connectivity index (χ4v) is 3.70. The number of allylic oxidation sites excluding steroid dienone is 1. The van der Waals surface area contributed by atoms with Crippen LogP contribution in [0.4, 0.5) is 8.78 Å². The molecule has 0 radical (unpaired) electrons. The van der Waals surface area contributed by atoms with Crippen LogP contribution in [-0.4, -0.2) is 39.0 Å². The largest absolute Gasteiger partial charge is 0.438 e. The van der Waals surface area contributed by atoms with Gasteiger partial charge in [0.1, 0.15) is 17.4 Å². The lowest BCUT2D eigenvalue weighted by molar-refractivity contribution is 0.102. The lowest BCUT2D eigenvalue weighted by Crippen LogP contribution is -2.33. The van der Waals surface area contributed by atoms with E-state index in [4.69, 9.17) is 4.74 Å². The van der Waals surface area contributed by atoms with Crippen molar-refractivity contribution in [3.05, 3.63) is 84.1 Å². The number of hydrogen-bond donors (Lipinski definition) is 1. The number of aliphatic hydroxyl groups is 1. The average Bonchev–Trinajstić information content (AvgIpc) is 3.08. The van der Waals surface area contributed by atoms with Gasteiger partial charge in [0.15, 0.2) is 0 Å². The van der Waals surface area contributed by atoms with Gasteiger partial charge in [-0.25, -0.2) is 13.5 Å². The Morgan fingerprint density at radius 2 is 1.94 bits per heavy atom. The number of hydrogen-bond acceptors (Lipinski definition) is 4. The Labute approximate surface area is 193 Å². The van der Waals surface area contributed by atoms with Crippen molar-refractivity contribution in [1.82, 2.24) is 14.7 Å². The first kappa shape index (κ1) is 24.6.